The molecule has 1 aromatic heterocycles. The number of fused-ring (bicyclic) bond motifs is 1. The van der Waals surface area contributed by atoms with Gasteiger partial charge in [-0.05, 0) is 25.8 Å². The zero-order valence-electron chi connectivity index (χ0n) is 10.6. The molecule has 92 valence electrons. The van der Waals surface area contributed by atoms with Gasteiger partial charge in [0.25, 0.3) is 0 Å². The topological polar surface area (TPSA) is 51.6 Å². The van der Waals surface area contributed by atoms with Crippen LogP contribution in [0.15, 0.2) is 24.3 Å². The number of para-hydroxylation sites is 1. The number of nitrogens with zero attached hydrogens (tertiary/aromatic N) is 1. The van der Waals surface area contributed by atoms with E-state index in [1.165, 1.54) is 11.8 Å². The number of H-pyrrole nitrogens is 1. The molecule has 0 aliphatic heterocycles. The Labute approximate surface area is 107 Å². The molecule has 0 radical (unpaired) electrons. The number of rotatable bonds is 3. The SMILES string of the molecule is Cc1[nH]c2ccccc2c1NCC1(C#N)CCC1. The molecule has 3 heteroatoms. The lowest BCUT2D eigenvalue weighted by atomic mass is 9.70. The first-order valence-corrected chi connectivity index (χ1v) is 6.47. The molecule has 0 amide bonds. The van der Waals surface area contributed by atoms with Crippen molar-refractivity contribution >= 4 is 16.6 Å². The maximum Gasteiger partial charge on any atom is 0.0746 e. The number of aromatic amines is 1. The van der Waals surface area contributed by atoms with E-state index in [-0.39, 0.29) is 5.41 Å². The van der Waals surface area contributed by atoms with E-state index < -0.39 is 0 Å². The lowest BCUT2D eigenvalue weighted by molar-refractivity contribution is 0.233. The average molecular weight is 239 g/mol. The number of anilines is 1. The third-order valence-corrected chi connectivity index (χ3v) is 4.04. The van der Waals surface area contributed by atoms with E-state index in [1.807, 2.05) is 12.1 Å². The Morgan fingerprint density at radius 1 is 1.39 bits per heavy atom. The predicted molar refractivity (Wildman–Crippen MR) is 73.4 cm³/mol. The van der Waals surface area contributed by atoms with Crippen LogP contribution in [0.25, 0.3) is 10.9 Å². The van der Waals surface area contributed by atoms with Crippen LogP contribution >= 0.6 is 0 Å². The molecule has 0 saturated heterocycles. The maximum atomic E-state index is 9.25. The summed E-state index contributed by atoms with van der Waals surface area (Å²) >= 11 is 0. The molecule has 0 spiro atoms. The second kappa shape index (κ2) is 4.06. The first kappa shape index (κ1) is 11.2. The van der Waals surface area contributed by atoms with Gasteiger partial charge in [-0.2, -0.15) is 5.26 Å². The fourth-order valence-electron chi connectivity index (χ4n) is 2.69. The normalized spacial score (nSPS) is 17.1. The second-order valence-electron chi connectivity index (χ2n) is 5.27. The summed E-state index contributed by atoms with van der Waals surface area (Å²) in [4.78, 5) is 3.37. The molecule has 3 nitrogen and oxygen atoms in total. The highest BCUT2D eigenvalue weighted by Crippen LogP contribution is 2.40. The summed E-state index contributed by atoms with van der Waals surface area (Å²) in [6.45, 7) is 2.83. The Balaban J connectivity index is 1.87. The largest absolute Gasteiger partial charge is 0.381 e. The quantitative estimate of drug-likeness (QED) is 0.860. The molecule has 0 atom stereocenters. The van der Waals surface area contributed by atoms with Gasteiger partial charge in [0.2, 0.25) is 0 Å². The van der Waals surface area contributed by atoms with Crippen molar-refractivity contribution in [2.45, 2.75) is 26.2 Å². The van der Waals surface area contributed by atoms with Crippen LogP contribution < -0.4 is 5.32 Å². The van der Waals surface area contributed by atoms with E-state index in [9.17, 15) is 5.26 Å². The Kier molecular flexibility index (Phi) is 2.52. The van der Waals surface area contributed by atoms with Crippen LogP contribution in [0.5, 0.6) is 0 Å². The van der Waals surface area contributed by atoms with E-state index in [1.54, 1.807) is 0 Å². The molecule has 1 fully saturated rings. The number of nitriles is 1. The minimum Gasteiger partial charge on any atom is -0.381 e. The standard InChI is InChI=1S/C15H17N3/c1-11-14(12-5-2-3-6-13(12)18-11)17-10-15(9-16)7-4-8-15/h2-3,5-6,17-18H,4,7-8,10H2,1H3. The number of hydrogen-bond acceptors (Lipinski definition) is 2. The van der Waals surface area contributed by atoms with Crippen molar-refractivity contribution in [2.75, 3.05) is 11.9 Å². The number of hydrogen-bond donors (Lipinski definition) is 2. The van der Waals surface area contributed by atoms with Crippen LogP contribution in [0.1, 0.15) is 25.0 Å². The number of benzene rings is 1. The number of aromatic nitrogens is 1. The van der Waals surface area contributed by atoms with Crippen molar-refractivity contribution in [3.63, 3.8) is 0 Å². The van der Waals surface area contributed by atoms with Gasteiger partial charge in [0.15, 0.2) is 0 Å². The Morgan fingerprint density at radius 3 is 2.83 bits per heavy atom. The average Bonchev–Trinajstić information content (AvgIpc) is 2.65. The van der Waals surface area contributed by atoms with Crippen molar-refractivity contribution in [2.24, 2.45) is 5.41 Å². The predicted octanol–water partition coefficient (Wildman–Crippen LogP) is 3.58. The van der Waals surface area contributed by atoms with E-state index >= 15 is 0 Å². The van der Waals surface area contributed by atoms with Crippen molar-refractivity contribution in [1.82, 2.24) is 4.98 Å². The van der Waals surface area contributed by atoms with E-state index in [0.717, 1.165) is 36.3 Å². The Morgan fingerprint density at radius 2 is 2.17 bits per heavy atom. The highest BCUT2D eigenvalue weighted by Gasteiger charge is 2.37. The zero-order valence-corrected chi connectivity index (χ0v) is 10.6. The zero-order chi connectivity index (χ0) is 12.6. The summed E-state index contributed by atoms with van der Waals surface area (Å²) in [6, 6.07) is 10.7. The smallest absolute Gasteiger partial charge is 0.0746 e. The molecule has 3 rings (SSSR count). The molecule has 2 N–H and O–H groups in total. The van der Waals surface area contributed by atoms with Crippen LogP contribution in [0.4, 0.5) is 5.69 Å². The van der Waals surface area contributed by atoms with Gasteiger partial charge < -0.3 is 10.3 Å². The summed E-state index contributed by atoms with van der Waals surface area (Å²) in [5, 5.41) is 13.9. The van der Waals surface area contributed by atoms with Gasteiger partial charge in [-0.1, -0.05) is 24.6 Å². The first-order chi connectivity index (χ1) is 8.74. The van der Waals surface area contributed by atoms with Crippen molar-refractivity contribution < 1.29 is 0 Å². The summed E-state index contributed by atoms with van der Waals surface area (Å²) in [5.41, 5.74) is 3.30. The van der Waals surface area contributed by atoms with Crippen molar-refractivity contribution in [3.05, 3.63) is 30.0 Å². The molecule has 2 aromatic rings. The molecule has 1 heterocycles. The van der Waals surface area contributed by atoms with Crippen LogP contribution in [-0.4, -0.2) is 11.5 Å². The molecule has 0 bridgehead atoms. The summed E-state index contributed by atoms with van der Waals surface area (Å²) < 4.78 is 0. The maximum absolute atomic E-state index is 9.25. The van der Waals surface area contributed by atoms with Crippen LogP contribution in [-0.2, 0) is 0 Å². The van der Waals surface area contributed by atoms with Crippen LogP contribution in [0.2, 0.25) is 0 Å². The van der Waals surface area contributed by atoms with Crippen LogP contribution in [0, 0.1) is 23.7 Å². The fraction of sp³-hybridized carbons (Fsp3) is 0.400. The van der Waals surface area contributed by atoms with Gasteiger partial charge in [-0.25, -0.2) is 0 Å². The lowest BCUT2D eigenvalue weighted by Gasteiger charge is -2.35. The van der Waals surface area contributed by atoms with Gasteiger partial charge in [0.1, 0.15) is 0 Å². The second-order valence-corrected chi connectivity index (χ2v) is 5.27. The molecule has 0 unspecified atom stereocenters. The molecule has 1 aliphatic rings. The van der Waals surface area contributed by atoms with Gasteiger partial charge >= 0.3 is 0 Å². The highest BCUT2D eigenvalue weighted by atomic mass is 14.9. The number of aryl methyl sites for hydroxylation is 1. The third-order valence-electron chi connectivity index (χ3n) is 4.04. The van der Waals surface area contributed by atoms with E-state index in [0.29, 0.717) is 0 Å². The minimum atomic E-state index is -0.134. The molecule has 1 saturated carbocycles. The lowest BCUT2D eigenvalue weighted by Crippen LogP contribution is -2.35. The minimum absolute atomic E-state index is 0.134. The van der Waals surface area contributed by atoms with Crippen LogP contribution in [0.3, 0.4) is 0 Å². The Hall–Kier alpha value is -1.95. The highest BCUT2D eigenvalue weighted by molar-refractivity contribution is 5.94. The monoisotopic (exact) mass is 239 g/mol. The molecular weight excluding hydrogens is 222 g/mol. The Bertz CT molecular complexity index is 614. The summed E-state index contributed by atoms with van der Waals surface area (Å²) in [7, 11) is 0. The van der Waals surface area contributed by atoms with Gasteiger partial charge in [0.05, 0.1) is 17.2 Å². The molecule has 18 heavy (non-hydrogen) atoms. The van der Waals surface area contributed by atoms with Gasteiger partial charge in [-0.3, -0.25) is 0 Å². The summed E-state index contributed by atoms with van der Waals surface area (Å²) in [5.74, 6) is 0. The van der Waals surface area contributed by atoms with E-state index in [2.05, 4.69) is 35.4 Å². The fourth-order valence-corrected chi connectivity index (χ4v) is 2.69. The van der Waals surface area contributed by atoms with Crippen molar-refractivity contribution in [1.29, 1.82) is 5.26 Å². The molecular formula is C15H17N3. The van der Waals surface area contributed by atoms with Gasteiger partial charge in [0, 0.05) is 23.1 Å². The molecule has 1 aliphatic carbocycles. The van der Waals surface area contributed by atoms with E-state index in [4.69, 9.17) is 0 Å². The molecule has 1 aromatic carbocycles. The van der Waals surface area contributed by atoms with Crippen molar-refractivity contribution in [3.8, 4) is 6.07 Å². The number of nitrogens with one attached hydrogen (secondary N) is 2. The first-order valence-electron chi connectivity index (χ1n) is 6.47. The third kappa shape index (κ3) is 1.65. The summed E-state index contributed by atoms with van der Waals surface area (Å²) in [6.07, 6.45) is 3.23. The van der Waals surface area contributed by atoms with Gasteiger partial charge in [-0.15, -0.1) is 0 Å².